The molecule has 4 aromatic rings. The molecule has 1 fully saturated rings. The fraction of sp³-hybridized carbons (Fsp3) is 0.259. The summed E-state index contributed by atoms with van der Waals surface area (Å²) in [4.78, 5) is 30.9. The first-order valence-corrected chi connectivity index (χ1v) is 11.4. The number of likely N-dealkylation sites (tertiary alicyclic amines) is 1. The Morgan fingerprint density at radius 2 is 1.88 bits per heavy atom. The normalized spacial score (nSPS) is 17.1. The van der Waals surface area contributed by atoms with Gasteiger partial charge in [-0.15, -0.1) is 0 Å². The zero-order valence-corrected chi connectivity index (χ0v) is 18.4. The fourth-order valence-corrected chi connectivity index (χ4v) is 4.75. The number of para-hydroxylation sites is 1. The first kappa shape index (κ1) is 21.1. The molecule has 1 saturated heterocycles. The van der Waals surface area contributed by atoms with Gasteiger partial charge in [-0.3, -0.25) is 9.59 Å². The minimum atomic E-state index is -0.225. The third-order valence-electron chi connectivity index (χ3n) is 6.49. The molecule has 0 unspecified atom stereocenters. The standard InChI is InChI=1S/C27H27N3O3/c31-26(20-10-6-14-30(18-20)27(32)25-13-7-15-33-25)29-16-22(19-8-2-1-3-9-19)23-17-28-24-12-5-4-11-21(23)24/h1-5,7-9,11-13,15,17,20,22,28H,6,10,14,16,18H2,(H,29,31)/t20-,22-/m1/s1. The number of fused-ring (bicyclic) bond motifs is 1. The lowest BCUT2D eigenvalue weighted by Crippen LogP contribution is -2.46. The molecule has 1 aliphatic rings. The zero-order valence-electron chi connectivity index (χ0n) is 18.4. The maximum absolute atomic E-state index is 13.1. The van der Waals surface area contributed by atoms with Crippen molar-refractivity contribution in [2.24, 2.45) is 5.92 Å². The van der Waals surface area contributed by atoms with E-state index in [9.17, 15) is 9.59 Å². The average molecular weight is 442 g/mol. The summed E-state index contributed by atoms with van der Waals surface area (Å²) in [6.45, 7) is 1.55. The number of aromatic amines is 1. The number of carbonyl (C=O) groups is 2. The van der Waals surface area contributed by atoms with Crippen LogP contribution in [0.25, 0.3) is 10.9 Å². The second-order valence-corrected chi connectivity index (χ2v) is 8.57. The van der Waals surface area contributed by atoms with E-state index in [2.05, 4.69) is 34.6 Å². The number of hydrogen-bond donors (Lipinski definition) is 2. The molecule has 0 radical (unpaired) electrons. The quantitative estimate of drug-likeness (QED) is 0.460. The first-order valence-electron chi connectivity index (χ1n) is 11.4. The van der Waals surface area contributed by atoms with Crippen molar-refractivity contribution in [3.63, 3.8) is 0 Å². The predicted molar refractivity (Wildman–Crippen MR) is 127 cm³/mol. The van der Waals surface area contributed by atoms with Crippen LogP contribution in [0, 0.1) is 5.92 Å². The Bertz CT molecular complexity index is 1230. The average Bonchev–Trinajstić information content (AvgIpc) is 3.55. The zero-order chi connectivity index (χ0) is 22.6. The van der Waals surface area contributed by atoms with Crippen LogP contribution in [0.1, 0.15) is 40.4 Å². The summed E-state index contributed by atoms with van der Waals surface area (Å²) in [5.74, 6) is -0.0430. The summed E-state index contributed by atoms with van der Waals surface area (Å²) in [6, 6.07) is 21.8. The van der Waals surface area contributed by atoms with Crippen molar-refractivity contribution in [2.45, 2.75) is 18.8 Å². The summed E-state index contributed by atoms with van der Waals surface area (Å²) in [7, 11) is 0. The molecular formula is C27H27N3O3. The van der Waals surface area contributed by atoms with E-state index in [-0.39, 0.29) is 23.7 Å². The minimum absolute atomic E-state index is 0.00674. The molecule has 2 aromatic carbocycles. The third-order valence-corrected chi connectivity index (χ3v) is 6.49. The number of rotatable bonds is 6. The number of nitrogens with one attached hydrogen (secondary N) is 2. The van der Waals surface area contributed by atoms with Crippen LogP contribution in [-0.2, 0) is 4.79 Å². The van der Waals surface area contributed by atoms with Gasteiger partial charge < -0.3 is 19.6 Å². The molecule has 0 bridgehead atoms. The Morgan fingerprint density at radius 3 is 2.70 bits per heavy atom. The summed E-state index contributed by atoms with van der Waals surface area (Å²) in [5.41, 5.74) is 3.40. The largest absolute Gasteiger partial charge is 0.459 e. The van der Waals surface area contributed by atoms with Crippen LogP contribution in [0.5, 0.6) is 0 Å². The summed E-state index contributed by atoms with van der Waals surface area (Å²) < 4.78 is 5.25. The van der Waals surface area contributed by atoms with Gasteiger partial charge in [0.1, 0.15) is 0 Å². The highest BCUT2D eigenvalue weighted by molar-refractivity contribution is 5.92. The molecule has 0 spiro atoms. The van der Waals surface area contributed by atoms with Crippen molar-refractivity contribution in [2.75, 3.05) is 19.6 Å². The molecule has 2 atom stereocenters. The van der Waals surface area contributed by atoms with Crippen LogP contribution in [-0.4, -0.2) is 41.3 Å². The minimum Gasteiger partial charge on any atom is -0.459 e. The van der Waals surface area contributed by atoms with Gasteiger partial charge in [-0.2, -0.15) is 0 Å². The molecule has 1 aliphatic heterocycles. The topological polar surface area (TPSA) is 78.3 Å². The number of carbonyl (C=O) groups excluding carboxylic acids is 2. The lowest BCUT2D eigenvalue weighted by Gasteiger charge is -2.32. The number of nitrogens with zero attached hydrogens (tertiary/aromatic N) is 1. The van der Waals surface area contributed by atoms with E-state index in [0.29, 0.717) is 25.4 Å². The van der Waals surface area contributed by atoms with Crippen LogP contribution in [0.3, 0.4) is 0 Å². The predicted octanol–water partition coefficient (Wildman–Crippen LogP) is 4.56. The van der Waals surface area contributed by atoms with Crippen LogP contribution >= 0.6 is 0 Å². The summed E-state index contributed by atoms with van der Waals surface area (Å²) in [5, 5.41) is 4.34. The third kappa shape index (κ3) is 4.42. The Hall–Kier alpha value is -3.80. The molecule has 2 amide bonds. The van der Waals surface area contributed by atoms with E-state index in [0.717, 1.165) is 34.9 Å². The molecule has 5 rings (SSSR count). The maximum Gasteiger partial charge on any atom is 0.289 e. The molecule has 0 saturated carbocycles. The smallest absolute Gasteiger partial charge is 0.289 e. The number of piperidine rings is 1. The molecule has 6 heteroatoms. The van der Waals surface area contributed by atoms with Gasteiger partial charge in [-0.1, -0.05) is 48.5 Å². The summed E-state index contributed by atoms with van der Waals surface area (Å²) >= 11 is 0. The number of hydrogen-bond acceptors (Lipinski definition) is 3. The summed E-state index contributed by atoms with van der Waals surface area (Å²) in [6.07, 6.45) is 5.11. The monoisotopic (exact) mass is 441 g/mol. The second kappa shape index (κ2) is 9.36. The van der Waals surface area contributed by atoms with Crippen LogP contribution in [0.2, 0.25) is 0 Å². The molecule has 3 heterocycles. The van der Waals surface area contributed by atoms with Gasteiger partial charge in [-0.05, 0) is 42.2 Å². The molecule has 168 valence electrons. The Labute approximate surface area is 192 Å². The molecule has 6 nitrogen and oxygen atoms in total. The molecular weight excluding hydrogens is 414 g/mol. The molecule has 2 aromatic heterocycles. The highest BCUT2D eigenvalue weighted by Crippen LogP contribution is 2.30. The van der Waals surface area contributed by atoms with Crippen molar-refractivity contribution < 1.29 is 14.0 Å². The van der Waals surface area contributed by atoms with Crippen molar-refractivity contribution in [1.29, 1.82) is 0 Å². The number of aromatic nitrogens is 1. The lowest BCUT2D eigenvalue weighted by molar-refractivity contribution is -0.126. The van der Waals surface area contributed by atoms with Gasteiger partial charge >= 0.3 is 0 Å². The van der Waals surface area contributed by atoms with Gasteiger partial charge in [0.05, 0.1) is 12.2 Å². The van der Waals surface area contributed by atoms with Gasteiger partial charge in [0.15, 0.2) is 5.76 Å². The number of H-pyrrole nitrogens is 1. The maximum atomic E-state index is 13.1. The molecule has 33 heavy (non-hydrogen) atoms. The van der Waals surface area contributed by atoms with E-state index >= 15 is 0 Å². The molecule has 2 N–H and O–H groups in total. The SMILES string of the molecule is O=C(NC[C@H](c1ccccc1)c1c[nH]c2ccccc12)[C@@H]1CCCN(C(=O)c2ccco2)C1. The second-order valence-electron chi connectivity index (χ2n) is 8.57. The molecule has 0 aliphatic carbocycles. The van der Waals surface area contributed by atoms with Gasteiger partial charge in [-0.25, -0.2) is 0 Å². The van der Waals surface area contributed by atoms with Crippen LogP contribution in [0.4, 0.5) is 0 Å². The van der Waals surface area contributed by atoms with E-state index in [1.165, 1.54) is 6.26 Å². The Balaban J connectivity index is 1.31. The first-order chi connectivity index (χ1) is 16.2. The van der Waals surface area contributed by atoms with Gasteiger partial charge in [0, 0.05) is 42.7 Å². The van der Waals surface area contributed by atoms with Crippen molar-refractivity contribution in [1.82, 2.24) is 15.2 Å². The van der Waals surface area contributed by atoms with Gasteiger partial charge in [0.25, 0.3) is 5.91 Å². The van der Waals surface area contributed by atoms with Gasteiger partial charge in [0.2, 0.25) is 5.91 Å². The van der Waals surface area contributed by atoms with Crippen molar-refractivity contribution in [3.05, 3.63) is 96.1 Å². The van der Waals surface area contributed by atoms with E-state index in [1.807, 2.05) is 36.5 Å². The Morgan fingerprint density at radius 1 is 1.06 bits per heavy atom. The van der Waals surface area contributed by atoms with E-state index < -0.39 is 0 Å². The van der Waals surface area contributed by atoms with Crippen LogP contribution in [0.15, 0.2) is 83.6 Å². The highest BCUT2D eigenvalue weighted by atomic mass is 16.3. The Kier molecular flexibility index (Phi) is 5.98. The number of furan rings is 1. The highest BCUT2D eigenvalue weighted by Gasteiger charge is 2.30. The van der Waals surface area contributed by atoms with E-state index in [1.54, 1.807) is 17.0 Å². The van der Waals surface area contributed by atoms with E-state index in [4.69, 9.17) is 4.42 Å². The number of amides is 2. The fourth-order valence-electron chi connectivity index (χ4n) is 4.75. The van der Waals surface area contributed by atoms with Crippen molar-refractivity contribution >= 4 is 22.7 Å². The number of benzene rings is 2. The van der Waals surface area contributed by atoms with Crippen molar-refractivity contribution in [3.8, 4) is 0 Å². The lowest BCUT2D eigenvalue weighted by atomic mass is 9.90. The van der Waals surface area contributed by atoms with Crippen LogP contribution < -0.4 is 5.32 Å².